The van der Waals surface area contributed by atoms with Crippen LogP contribution in [0.5, 0.6) is 0 Å². The van der Waals surface area contributed by atoms with E-state index in [2.05, 4.69) is 9.69 Å². The lowest BCUT2D eigenvalue weighted by atomic mass is 10.3. The molecule has 100 valence electrons. The summed E-state index contributed by atoms with van der Waals surface area (Å²) in [5, 5.41) is 4.11. The van der Waals surface area contributed by atoms with Crippen molar-refractivity contribution in [3.63, 3.8) is 0 Å². The number of para-hydroxylation sites is 1. The fourth-order valence-corrected chi connectivity index (χ4v) is 2.37. The number of halogens is 1. The largest absolute Gasteiger partial charge is 0.462 e. The molecule has 5 nitrogen and oxygen atoms in total. The molecule has 0 saturated heterocycles. The third-order valence-corrected chi connectivity index (χ3v) is 3.43. The van der Waals surface area contributed by atoms with Gasteiger partial charge in [0.05, 0.1) is 17.3 Å². The van der Waals surface area contributed by atoms with Gasteiger partial charge in [0.25, 0.3) is 0 Å². The first-order valence-corrected chi connectivity index (χ1v) is 6.72. The summed E-state index contributed by atoms with van der Waals surface area (Å²) in [6.45, 7) is 2.01. The van der Waals surface area contributed by atoms with E-state index in [9.17, 15) is 4.79 Å². The maximum atomic E-state index is 11.8. The average molecular weight is 298 g/mol. The molecule has 1 heterocycles. The zero-order valence-corrected chi connectivity index (χ0v) is 11.7. The van der Waals surface area contributed by atoms with Crippen molar-refractivity contribution in [1.82, 2.24) is 4.37 Å². The van der Waals surface area contributed by atoms with Crippen molar-refractivity contribution in [3.8, 4) is 0 Å². The Morgan fingerprint density at radius 1 is 1.53 bits per heavy atom. The van der Waals surface area contributed by atoms with E-state index in [0.717, 1.165) is 11.5 Å². The number of hydrogen-bond acceptors (Lipinski definition) is 6. The molecule has 2 aromatic rings. The van der Waals surface area contributed by atoms with E-state index in [0.29, 0.717) is 15.7 Å². The molecule has 0 radical (unpaired) electrons. The topological polar surface area (TPSA) is 77.2 Å². The molecular weight excluding hydrogens is 286 g/mol. The molecule has 0 aliphatic heterocycles. The Balaban J connectivity index is 2.31. The molecule has 0 atom stereocenters. The smallest absolute Gasteiger partial charge is 0.345 e. The third-order valence-electron chi connectivity index (χ3n) is 2.32. The lowest BCUT2D eigenvalue weighted by molar-refractivity contribution is 0.0529. The Morgan fingerprint density at radius 2 is 2.26 bits per heavy atom. The standard InChI is InChI=1S/C12H12ClN3O2S/c1-2-18-12(17)9-10(14)16-19-11(9)15-8-6-4-3-5-7(8)13/h3-6,15H,2H2,1H3,(H2,14,16). The number of hydrogen-bond donors (Lipinski definition) is 2. The van der Waals surface area contributed by atoms with Gasteiger partial charge in [-0.2, -0.15) is 4.37 Å². The van der Waals surface area contributed by atoms with Crippen molar-refractivity contribution in [2.45, 2.75) is 6.92 Å². The van der Waals surface area contributed by atoms with Gasteiger partial charge in [0.2, 0.25) is 0 Å². The van der Waals surface area contributed by atoms with Crippen molar-refractivity contribution in [2.75, 3.05) is 17.7 Å². The average Bonchev–Trinajstić information content (AvgIpc) is 2.74. The highest BCUT2D eigenvalue weighted by atomic mass is 35.5. The lowest BCUT2D eigenvalue weighted by Gasteiger charge is -2.08. The minimum atomic E-state index is -0.497. The Morgan fingerprint density at radius 3 is 2.95 bits per heavy atom. The summed E-state index contributed by atoms with van der Waals surface area (Å²) in [6.07, 6.45) is 0. The molecule has 0 bridgehead atoms. The summed E-state index contributed by atoms with van der Waals surface area (Å²) < 4.78 is 8.91. The molecule has 19 heavy (non-hydrogen) atoms. The van der Waals surface area contributed by atoms with Crippen LogP contribution in [0.3, 0.4) is 0 Å². The summed E-state index contributed by atoms with van der Waals surface area (Å²) in [4.78, 5) is 11.8. The molecule has 2 rings (SSSR count). The zero-order valence-electron chi connectivity index (χ0n) is 10.1. The fraction of sp³-hybridized carbons (Fsp3) is 0.167. The number of nitrogen functional groups attached to an aromatic ring is 1. The number of carbonyl (C=O) groups is 1. The number of nitrogens with two attached hydrogens (primary N) is 1. The maximum absolute atomic E-state index is 11.8. The van der Waals surface area contributed by atoms with Crippen LogP contribution in [0.2, 0.25) is 5.02 Å². The van der Waals surface area contributed by atoms with E-state index in [1.807, 2.05) is 12.1 Å². The van der Waals surface area contributed by atoms with Gasteiger partial charge in [-0.05, 0) is 30.6 Å². The SMILES string of the molecule is CCOC(=O)c1c(N)nsc1Nc1ccccc1Cl. The second-order valence-electron chi connectivity index (χ2n) is 3.60. The lowest BCUT2D eigenvalue weighted by Crippen LogP contribution is -2.08. The van der Waals surface area contributed by atoms with Crippen LogP contribution in [0.4, 0.5) is 16.5 Å². The van der Waals surface area contributed by atoms with Crippen molar-refractivity contribution in [1.29, 1.82) is 0 Å². The van der Waals surface area contributed by atoms with Gasteiger partial charge < -0.3 is 15.8 Å². The molecule has 1 aromatic heterocycles. The second kappa shape index (κ2) is 5.90. The van der Waals surface area contributed by atoms with E-state index < -0.39 is 5.97 Å². The normalized spacial score (nSPS) is 10.2. The van der Waals surface area contributed by atoms with Crippen LogP contribution >= 0.6 is 23.1 Å². The minimum Gasteiger partial charge on any atom is -0.462 e. The molecule has 0 fully saturated rings. The van der Waals surface area contributed by atoms with Crippen LogP contribution in [-0.2, 0) is 4.74 Å². The molecule has 0 amide bonds. The number of rotatable bonds is 4. The highest BCUT2D eigenvalue weighted by Crippen LogP contribution is 2.32. The quantitative estimate of drug-likeness (QED) is 0.847. The van der Waals surface area contributed by atoms with Gasteiger partial charge in [-0.25, -0.2) is 4.79 Å². The van der Waals surface area contributed by atoms with Gasteiger partial charge in [0, 0.05) is 0 Å². The van der Waals surface area contributed by atoms with Crippen molar-refractivity contribution in [2.24, 2.45) is 0 Å². The van der Waals surface area contributed by atoms with E-state index in [1.54, 1.807) is 19.1 Å². The van der Waals surface area contributed by atoms with Crippen LogP contribution in [0, 0.1) is 0 Å². The van der Waals surface area contributed by atoms with E-state index in [1.165, 1.54) is 0 Å². The summed E-state index contributed by atoms with van der Waals surface area (Å²) in [7, 11) is 0. The second-order valence-corrected chi connectivity index (χ2v) is 4.78. The number of nitrogens with one attached hydrogen (secondary N) is 1. The van der Waals surface area contributed by atoms with Crippen molar-refractivity contribution >= 4 is 45.6 Å². The van der Waals surface area contributed by atoms with Crippen LogP contribution in [0.1, 0.15) is 17.3 Å². The molecule has 0 aliphatic rings. The molecule has 7 heteroatoms. The predicted octanol–water partition coefficient (Wildman–Crippen LogP) is 3.30. The fourth-order valence-electron chi connectivity index (χ4n) is 1.47. The number of carbonyl (C=O) groups excluding carboxylic acids is 1. The number of ether oxygens (including phenoxy) is 1. The molecule has 0 spiro atoms. The number of esters is 1. The zero-order chi connectivity index (χ0) is 13.8. The van der Waals surface area contributed by atoms with E-state index >= 15 is 0 Å². The summed E-state index contributed by atoms with van der Waals surface area (Å²) in [5.74, 6) is -0.346. The molecule has 0 unspecified atom stereocenters. The van der Waals surface area contributed by atoms with Crippen molar-refractivity contribution < 1.29 is 9.53 Å². The summed E-state index contributed by atoms with van der Waals surface area (Å²) >= 11 is 7.14. The molecular formula is C12H12ClN3O2S. The third kappa shape index (κ3) is 2.97. The summed E-state index contributed by atoms with van der Waals surface area (Å²) in [5.41, 5.74) is 6.61. The van der Waals surface area contributed by atoms with Gasteiger partial charge in [-0.3, -0.25) is 0 Å². The van der Waals surface area contributed by atoms with Gasteiger partial charge >= 0.3 is 5.97 Å². The molecule has 0 aliphatic carbocycles. The molecule has 1 aromatic carbocycles. The van der Waals surface area contributed by atoms with Crippen LogP contribution in [-0.4, -0.2) is 16.9 Å². The van der Waals surface area contributed by atoms with Crippen molar-refractivity contribution in [3.05, 3.63) is 34.9 Å². The van der Waals surface area contributed by atoms with Gasteiger partial charge in [0.15, 0.2) is 5.82 Å². The first-order chi connectivity index (χ1) is 9.13. The van der Waals surface area contributed by atoms with Gasteiger partial charge in [0.1, 0.15) is 10.6 Å². The van der Waals surface area contributed by atoms with Crippen LogP contribution in [0.15, 0.2) is 24.3 Å². The minimum absolute atomic E-state index is 0.151. The molecule has 0 saturated carbocycles. The first-order valence-electron chi connectivity index (χ1n) is 5.57. The number of anilines is 3. The number of benzene rings is 1. The molecule has 3 N–H and O–H groups in total. The number of nitrogens with zero attached hydrogens (tertiary/aromatic N) is 1. The first kappa shape index (κ1) is 13.6. The summed E-state index contributed by atoms with van der Waals surface area (Å²) in [6, 6.07) is 7.20. The Kier molecular flexibility index (Phi) is 4.24. The van der Waals surface area contributed by atoms with E-state index in [-0.39, 0.29) is 18.0 Å². The highest BCUT2D eigenvalue weighted by molar-refractivity contribution is 7.11. The predicted molar refractivity (Wildman–Crippen MR) is 77.2 cm³/mol. The highest BCUT2D eigenvalue weighted by Gasteiger charge is 2.21. The number of aromatic nitrogens is 1. The van der Waals surface area contributed by atoms with E-state index in [4.69, 9.17) is 22.1 Å². The Bertz CT molecular complexity index is 600. The Hall–Kier alpha value is -1.79. The van der Waals surface area contributed by atoms with Gasteiger partial charge in [-0.1, -0.05) is 23.7 Å². The maximum Gasteiger partial charge on any atom is 0.345 e. The van der Waals surface area contributed by atoms with Crippen LogP contribution in [0.25, 0.3) is 0 Å². The monoisotopic (exact) mass is 297 g/mol. The van der Waals surface area contributed by atoms with Gasteiger partial charge in [-0.15, -0.1) is 0 Å². The Labute approximate surface area is 119 Å². The van der Waals surface area contributed by atoms with Crippen LogP contribution < -0.4 is 11.1 Å².